The molecule has 10 heavy (non-hydrogen) atoms. The molecule has 0 unspecified atom stereocenters. The van der Waals surface area contributed by atoms with Crippen molar-refractivity contribution in [3.8, 4) is 0 Å². The highest BCUT2D eigenvalue weighted by Crippen LogP contribution is 2.26. The molecule has 0 amide bonds. The second-order valence-electron chi connectivity index (χ2n) is 3.06. The Hall–Kier alpha value is -0.400. The fraction of sp³-hybridized carbons (Fsp3) is 0.875. The third kappa shape index (κ3) is 1.79. The number of ketones is 1. The van der Waals surface area contributed by atoms with E-state index in [-0.39, 0.29) is 11.7 Å². The maximum absolute atomic E-state index is 12.5. The fourth-order valence-corrected chi connectivity index (χ4v) is 1.46. The molecular weight excluding hydrogens is 131 g/mol. The highest BCUT2D eigenvalue weighted by atomic mass is 19.1. The third-order valence-electron chi connectivity index (χ3n) is 2.23. The van der Waals surface area contributed by atoms with Crippen LogP contribution in [0.15, 0.2) is 0 Å². The molecule has 1 nitrogen and oxygen atoms in total. The fourth-order valence-electron chi connectivity index (χ4n) is 1.46. The maximum Gasteiger partial charge on any atom is 0.132 e. The van der Waals surface area contributed by atoms with Crippen molar-refractivity contribution in [1.82, 2.24) is 0 Å². The summed E-state index contributed by atoms with van der Waals surface area (Å²) in [7, 11) is 0. The third-order valence-corrected chi connectivity index (χ3v) is 2.23. The van der Waals surface area contributed by atoms with E-state index in [2.05, 4.69) is 0 Å². The first-order chi connectivity index (χ1) is 4.70. The Bertz CT molecular complexity index is 125. The van der Waals surface area contributed by atoms with Crippen molar-refractivity contribution in [2.24, 2.45) is 5.92 Å². The van der Waals surface area contributed by atoms with E-state index in [0.29, 0.717) is 12.8 Å². The maximum atomic E-state index is 12.5. The van der Waals surface area contributed by atoms with E-state index in [1.54, 1.807) is 6.92 Å². The molecule has 1 fully saturated rings. The Kier molecular flexibility index (Phi) is 2.41. The molecule has 0 atom stereocenters. The lowest BCUT2D eigenvalue weighted by Crippen LogP contribution is -2.20. The second kappa shape index (κ2) is 3.13. The smallest absolute Gasteiger partial charge is 0.132 e. The van der Waals surface area contributed by atoms with Crippen molar-refractivity contribution in [3.63, 3.8) is 0 Å². The zero-order valence-electron chi connectivity index (χ0n) is 6.27. The van der Waals surface area contributed by atoms with Gasteiger partial charge < -0.3 is 0 Å². The van der Waals surface area contributed by atoms with Gasteiger partial charge in [0.1, 0.15) is 12.0 Å². The molecule has 0 N–H and O–H groups in total. The molecule has 0 radical (unpaired) electrons. The summed E-state index contributed by atoms with van der Waals surface area (Å²) in [6.45, 7) is 1.60. The predicted molar refractivity (Wildman–Crippen MR) is 37.5 cm³/mol. The highest BCUT2D eigenvalue weighted by molar-refractivity contribution is 5.78. The van der Waals surface area contributed by atoms with Crippen molar-refractivity contribution in [2.45, 2.75) is 38.8 Å². The van der Waals surface area contributed by atoms with Crippen molar-refractivity contribution in [2.75, 3.05) is 0 Å². The number of hydrogen-bond acceptors (Lipinski definition) is 1. The van der Waals surface area contributed by atoms with Crippen LogP contribution in [0.4, 0.5) is 4.39 Å². The normalized spacial score (nSPS) is 33.8. The molecule has 0 aliphatic heterocycles. The first-order valence-electron chi connectivity index (χ1n) is 3.84. The van der Waals surface area contributed by atoms with E-state index >= 15 is 0 Å². The molecule has 0 aromatic carbocycles. The Balaban J connectivity index is 2.33. The van der Waals surface area contributed by atoms with Crippen LogP contribution in [0.2, 0.25) is 0 Å². The molecule has 0 bridgehead atoms. The minimum Gasteiger partial charge on any atom is -0.300 e. The lowest BCUT2D eigenvalue weighted by atomic mass is 9.86. The molecule has 0 heterocycles. The van der Waals surface area contributed by atoms with E-state index < -0.39 is 6.17 Å². The second-order valence-corrected chi connectivity index (χ2v) is 3.06. The van der Waals surface area contributed by atoms with Crippen molar-refractivity contribution in [1.29, 1.82) is 0 Å². The zero-order valence-corrected chi connectivity index (χ0v) is 6.27. The minimum atomic E-state index is -0.643. The van der Waals surface area contributed by atoms with E-state index in [1.165, 1.54) is 0 Å². The SMILES string of the molecule is CC(=O)C1CCC(F)CC1. The van der Waals surface area contributed by atoms with Gasteiger partial charge in [0.2, 0.25) is 0 Å². The largest absolute Gasteiger partial charge is 0.300 e. The molecule has 0 saturated heterocycles. The van der Waals surface area contributed by atoms with Gasteiger partial charge in [0.25, 0.3) is 0 Å². The van der Waals surface area contributed by atoms with Crippen LogP contribution >= 0.6 is 0 Å². The van der Waals surface area contributed by atoms with Gasteiger partial charge in [-0.3, -0.25) is 4.79 Å². The van der Waals surface area contributed by atoms with Crippen LogP contribution in [0.1, 0.15) is 32.6 Å². The van der Waals surface area contributed by atoms with Crippen molar-refractivity contribution in [3.05, 3.63) is 0 Å². The Morgan fingerprint density at radius 3 is 2.20 bits per heavy atom. The number of alkyl halides is 1. The molecule has 0 aromatic rings. The molecular formula is C8H13FO. The van der Waals surface area contributed by atoms with Crippen LogP contribution in [0.25, 0.3) is 0 Å². The van der Waals surface area contributed by atoms with Gasteiger partial charge >= 0.3 is 0 Å². The van der Waals surface area contributed by atoms with Crippen LogP contribution in [-0.4, -0.2) is 12.0 Å². The summed E-state index contributed by atoms with van der Waals surface area (Å²) in [6.07, 6.45) is 2.05. The van der Waals surface area contributed by atoms with Gasteiger partial charge in [-0.2, -0.15) is 0 Å². The Morgan fingerprint density at radius 1 is 1.30 bits per heavy atom. The van der Waals surface area contributed by atoms with Gasteiger partial charge in [0.15, 0.2) is 0 Å². The number of rotatable bonds is 1. The average Bonchev–Trinajstić information content (AvgIpc) is 1.88. The predicted octanol–water partition coefficient (Wildman–Crippen LogP) is 2.10. The van der Waals surface area contributed by atoms with E-state index in [4.69, 9.17) is 0 Å². The molecule has 2 heteroatoms. The number of hydrogen-bond donors (Lipinski definition) is 0. The summed E-state index contributed by atoms with van der Waals surface area (Å²) in [6, 6.07) is 0. The van der Waals surface area contributed by atoms with Crippen LogP contribution in [0, 0.1) is 5.92 Å². The van der Waals surface area contributed by atoms with E-state index in [9.17, 15) is 9.18 Å². The molecule has 1 rings (SSSR count). The molecule has 1 aliphatic carbocycles. The lowest BCUT2D eigenvalue weighted by Gasteiger charge is -2.21. The number of carbonyl (C=O) groups excluding carboxylic acids is 1. The van der Waals surface area contributed by atoms with E-state index in [0.717, 1.165) is 12.8 Å². The summed E-state index contributed by atoms with van der Waals surface area (Å²) in [4.78, 5) is 10.8. The van der Waals surface area contributed by atoms with Gasteiger partial charge in [0, 0.05) is 5.92 Å². The van der Waals surface area contributed by atoms with Gasteiger partial charge in [-0.05, 0) is 32.6 Å². The number of Topliss-reactive ketones (excluding diaryl/α,β-unsaturated/α-hetero) is 1. The summed E-state index contributed by atoms with van der Waals surface area (Å²) < 4.78 is 12.5. The molecule has 0 aromatic heterocycles. The van der Waals surface area contributed by atoms with Crippen molar-refractivity contribution >= 4 is 5.78 Å². The minimum absolute atomic E-state index is 0.159. The highest BCUT2D eigenvalue weighted by Gasteiger charge is 2.22. The quantitative estimate of drug-likeness (QED) is 0.550. The Morgan fingerprint density at radius 2 is 1.80 bits per heavy atom. The van der Waals surface area contributed by atoms with Crippen molar-refractivity contribution < 1.29 is 9.18 Å². The van der Waals surface area contributed by atoms with Crippen LogP contribution < -0.4 is 0 Å². The molecule has 1 saturated carbocycles. The lowest BCUT2D eigenvalue weighted by molar-refractivity contribution is -0.121. The summed E-state index contributed by atoms with van der Waals surface area (Å²) in [5.41, 5.74) is 0. The van der Waals surface area contributed by atoms with Gasteiger partial charge in [-0.25, -0.2) is 4.39 Å². The molecule has 58 valence electrons. The average molecular weight is 144 g/mol. The first-order valence-corrected chi connectivity index (χ1v) is 3.84. The molecule has 1 aliphatic rings. The van der Waals surface area contributed by atoms with Crippen LogP contribution in [0.5, 0.6) is 0 Å². The van der Waals surface area contributed by atoms with E-state index in [1.807, 2.05) is 0 Å². The first kappa shape index (κ1) is 7.70. The van der Waals surface area contributed by atoms with Gasteiger partial charge in [0.05, 0.1) is 0 Å². The summed E-state index contributed by atoms with van der Waals surface area (Å²) in [5.74, 6) is 0.388. The zero-order chi connectivity index (χ0) is 7.56. The summed E-state index contributed by atoms with van der Waals surface area (Å²) >= 11 is 0. The monoisotopic (exact) mass is 144 g/mol. The topological polar surface area (TPSA) is 17.1 Å². The van der Waals surface area contributed by atoms with Gasteiger partial charge in [-0.1, -0.05) is 0 Å². The number of carbonyl (C=O) groups is 1. The Labute approximate surface area is 60.6 Å². The summed E-state index contributed by atoms with van der Waals surface area (Å²) in [5, 5.41) is 0. The molecule has 0 spiro atoms. The standard InChI is InChI=1S/C8H13FO/c1-6(10)7-2-4-8(9)5-3-7/h7-8H,2-5H2,1H3. The number of halogens is 1. The van der Waals surface area contributed by atoms with Crippen LogP contribution in [-0.2, 0) is 4.79 Å². The van der Waals surface area contributed by atoms with Crippen LogP contribution in [0.3, 0.4) is 0 Å². The van der Waals surface area contributed by atoms with Gasteiger partial charge in [-0.15, -0.1) is 0 Å².